The summed E-state index contributed by atoms with van der Waals surface area (Å²) in [4.78, 5) is 11.5. The molecule has 23 heavy (non-hydrogen) atoms. The molecular formula is C17H26IN5. The van der Waals surface area contributed by atoms with Gasteiger partial charge in [-0.25, -0.2) is 4.98 Å². The molecule has 1 aliphatic heterocycles. The quantitative estimate of drug-likeness (QED) is 0.456. The summed E-state index contributed by atoms with van der Waals surface area (Å²) in [6.07, 6.45) is 2.56. The van der Waals surface area contributed by atoms with Crippen LogP contribution in [0.15, 0.2) is 29.3 Å². The van der Waals surface area contributed by atoms with Crippen LogP contribution in [0.5, 0.6) is 0 Å². The summed E-state index contributed by atoms with van der Waals surface area (Å²) in [5.41, 5.74) is 2.21. The Hall–Kier alpha value is -1.31. The number of imidazole rings is 1. The molecule has 1 atom stereocenters. The molecule has 5 nitrogen and oxygen atoms in total. The van der Waals surface area contributed by atoms with Gasteiger partial charge in [0.25, 0.3) is 0 Å². The Balaban J connectivity index is 0.00000192. The average Bonchev–Trinajstić information content (AvgIpc) is 2.85. The van der Waals surface area contributed by atoms with Crippen molar-refractivity contribution in [3.63, 3.8) is 0 Å². The van der Waals surface area contributed by atoms with Gasteiger partial charge in [0, 0.05) is 27.2 Å². The molecule has 2 aromatic rings. The molecule has 126 valence electrons. The first-order chi connectivity index (χ1) is 10.7. The Morgan fingerprint density at radius 2 is 2.17 bits per heavy atom. The largest absolute Gasteiger partial charge is 0.349 e. The van der Waals surface area contributed by atoms with Crippen molar-refractivity contribution in [1.29, 1.82) is 0 Å². The summed E-state index contributed by atoms with van der Waals surface area (Å²) in [5, 5.41) is 3.47. The van der Waals surface area contributed by atoms with E-state index in [1.165, 1.54) is 18.4 Å². The number of piperidine rings is 1. The predicted molar refractivity (Wildman–Crippen MR) is 106 cm³/mol. The van der Waals surface area contributed by atoms with Crippen LogP contribution in [0.1, 0.15) is 25.6 Å². The standard InChI is InChI=1S/C17H25N5.HI/c1-13-7-6-10-22(12-13)17(18-2)19-11-16-20-14-8-4-5-9-15(14)21(16)3;/h4-5,8-9,13H,6-7,10-12H2,1-3H3,(H,18,19);1H. The van der Waals surface area contributed by atoms with Gasteiger partial charge in [-0.2, -0.15) is 0 Å². The highest BCUT2D eigenvalue weighted by Gasteiger charge is 2.19. The fraction of sp³-hybridized carbons (Fsp3) is 0.529. The summed E-state index contributed by atoms with van der Waals surface area (Å²) >= 11 is 0. The SMILES string of the molecule is CN=C(NCc1nc2ccccc2n1C)N1CCCC(C)C1.I. The molecule has 1 N–H and O–H groups in total. The van der Waals surface area contributed by atoms with Gasteiger partial charge in [0.1, 0.15) is 5.82 Å². The lowest BCUT2D eigenvalue weighted by atomic mass is 10.0. The fourth-order valence-electron chi connectivity index (χ4n) is 3.23. The first-order valence-corrected chi connectivity index (χ1v) is 8.05. The molecule has 0 saturated carbocycles. The minimum Gasteiger partial charge on any atom is -0.349 e. The number of hydrogen-bond donors (Lipinski definition) is 1. The number of guanidine groups is 1. The molecule has 6 heteroatoms. The molecule has 0 aliphatic carbocycles. The Labute approximate surface area is 155 Å². The number of likely N-dealkylation sites (tertiary alicyclic amines) is 1. The molecule has 1 aliphatic rings. The number of fused-ring (bicyclic) bond motifs is 1. The number of aryl methyl sites for hydroxylation is 1. The molecule has 2 heterocycles. The number of halogens is 1. The van der Waals surface area contributed by atoms with Crippen LogP contribution in [0.25, 0.3) is 11.0 Å². The lowest BCUT2D eigenvalue weighted by Gasteiger charge is -2.33. The minimum absolute atomic E-state index is 0. The summed E-state index contributed by atoms with van der Waals surface area (Å²) < 4.78 is 2.15. The van der Waals surface area contributed by atoms with Crippen LogP contribution in [-0.4, -0.2) is 40.5 Å². The zero-order valence-electron chi connectivity index (χ0n) is 14.1. The van der Waals surface area contributed by atoms with Crippen LogP contribution in [0.2, 0.25) is 0 Å². The number of aliphatic imine (C=N–C) groups is 1. The highest BCUT2D eigenvalue weighted by Crippen LogP contribution is 2.16. The minimum atomic E-state index is 0. The van der Waals surface area contributed by atoms with Crippen molar-refractivity contribution in [3.8, 4) is 0 Å². The van der Waals surface area contributed by atoms with E-state index in [0.717, 1.165) is 36.3 Å². The van der Waals surface area contributed by atoms with E-state index in [4.69, 9.17) is 4.98 Å². The lowest BCUT2D eigenvalue weighted by Crippen LogP contribution is -2.46. The van der Waals surface area contributed by atoms with Crippen molar-refractivity contribution >= 4 is 41.0 Å². The van der Waals surface area contributed by atoms with Gasteiger partial charge in [-0.05, 0) is 30.9 Å². The molecule has 0 spiro atoms. The maximum absolute atomic E-state index is 4.71. The molecule has 0 amide bonds. The maximum Gasteiger partial charge on any atom is 0.194 e. The summed E-state index contributed by atoms with van der Waals surface area (Å²) in [7, 11) is 3.93. The van der Waals surface area contributed by atoms with Crippen molar-refractivity contribution in [2.24, 2.45) is 18.0 Å². The highest BCUT2D eigenvalue weighted by molar-refractivity contribution is 14.0. The number of rotatable bonds is 2. The van der Waals surface area contributed by atoms with Gasteiger partial charge in [0.2, 0.25) is 0 Å². The number of nitrogens with zero attached hydrogens (tertiary/aromatic N) is 4. The van der Waals surface area contributed by atoms with Gasteiger partial charge in [-0.1, -0.05) is 19.1 Å². The van der Waals surface area contributed by atoms with Gasteiger partial charge < -0.3 is 14.8 Å². The second-order valence-corrected chi connectivity index (χ2v) is 6.17. The van der Waals surface area contributed by atoms with E-state index in [2.05, 4.69) is 51.9 Å². The van der Waals surface area contributed by atoms with E-state index in [9.17, 15) is 0 Å². The Bertz CT molecular complexity index is 679. The molecule has 1 fully saturated rings. The number of nitrogens with one attached hydrogen (secondary N) is 1. The average molecular weight is 427 g/mol. The monoisotopic (exact) mass is 427 g/mol. The highest BCUT2D eigenvalue weighted by atomic mass is 127. The van der Waals surface area contributed by atoms with Crippen LogP contribution < -0.4 is 5.32 Å². The number of hydrogen-bond acceptors (Lipinski definition) is 2. The van der Waals surface area contributed by atoms with Gasteiger partial charge in [0.05, 0.1) is 17.6 Å². The molecule has 3 rings (SSSR count). The van der Waals surface area contributed by atoms with Crippen molar-refractivity contribution in [2.45, 2.75) is 26.3 Å². The van der Waals surface area contributed by atoms with Crippen molar-refractivity contribution < 1.29 is 0 Å². The smallest absolute Gasteiger partial charge is 0.194 e. The van der Waals surface area contributed by atoms with Crippen molar-refractivity contribution in [2.75, 3.05) is 20.1 Å². The van der Waals surface area contributed by atoms with Crippen LogP contribution in [0, 0.1) is 5.92 Å². The van der Waals surface area contributed by atoms with Crippen LogP contribution in [0.4, 0.5) is 0 Å². The zero-order chi connectivity index (χ0) is 15.5. The number of benzene rings is 1. The molecule has 0 radical (unpaired) electrons. The molecule has 1 aromatic heterocycles. The van der Waals surface area contributed by atoms with Crippen molar-refractivity contribution in [3.05, 3.63) is 30.1 Å². The fourth-order valence-corrected chi connectivity index (χ4v) is 3.23. The third kappa shape index (κ3) is 3.97. The van der Waals surface area contributed by atoms with Crippen molar-refractivity contribution in [1.82, 2.24) is 19.8 Å². The Morgan fingerprint density at radius 1 is 1.39 bits per heavy atom. The third-order valence-electron chi connectivity index (χ3n) is 4.45. The van der Waals surface area contributed by atoms with Gasteiger partial charge in [-0.3, -0.25) is 4.99 Å². The number of aromatic nitrogens is 2. The first kappa shape index (κ1) is 18.0. The number of para-hydroxylation sites is 2. The van der Waals surface area contributed by atoms with E-state index in [0.29, 0.717) is 6.54 Å². The lowest BCUT2D eigenvalue weighted by molar-refractivity contribution is 0.265. The van der Waals surface area contributed by atoms with E-state index >= 15 is 0 Å². The van der Waals surface area contributed by atoms with E-state index in [-0.39, 0.29) is 24.0 Å². The van der Waals surface area contributed by atoms with Gasteiger partial charge >= 0.3 is 0 Å². The second kappa shape index (κ2) is 7.99. The predicted octanol–water partition coefficient (Wildman–Crippen LogP) is 3.00. The summed E-state index contributed by atoms with van der Waals surface area (Å²) in [6, 6.07) is 8.24. The van der Waals surface area contributed by atoms with E-state index < -0.39 is 0 Å². The molecule has 0 bridgehead atoms. The second-order valence-electron chi connectivity index (χ2n) is 6.17. The van der Waals surface area contributed by atoms with Crippen LogP contribution >= 0.6 is 24.0 Å². The molecular weight excluding hydrogens is 401 g/mol. The zero-order valence-corrected chi connectivity index (χ0v) is 16.4. The Morgan fingerprint density at radius 3 is 2.87 bits per heavy atom. The summed E-state index contributed by atoms with van der Waals surface area (Å²) in [6.45, 7) is 5.18. The van der Waals surface area contributed by atoms with E-state index in [1.54, 1.807) is 0 Å². The first-order valence-electron chi connectivity index (χ1n) is 8.05. The topological polar surface area (TPSA) is 45.5 Å². The van der Waals surface area contributed by atoms with E-state index in [1.807, 2.05) is 13.1 Å². The summed E-state index contributed by atoms with van der Waals surface area (Å²) in [5.74, 6) is 2.76. The van der Waals surface area contributed by atoms with Gasteiger partial charge in [-0.15, -0.1) is 24.0 Å². The molecule has 1 saturated heterocycles. The Kier molecular flexibility index (Phi) is 6.26. The normalized spacial score (nSPS) is 18.8. The maximum atomic E-state index is 4.71. The third-order valence-corrected chi connectivity index (χ3v) is 4.45. The van der Waals surface area contributed by atoms with Gasteiger partial charge in [0.15, 0.2) is 5.96 Å². The van der Waals surface area contributed by atoms with Crippen LogP contribution in [-0.2, 0) is 13.6 Å². The van der Waals surface area contributed by atoms with Crippen LogP contribution in [0.3, 0.4) is 0 Å². The molecule has 1 unspecified atom stereocenters. The molecule has 1 aromatic carbocycles.